The predicted molar refractivity (Wildman–Crippen MR) is 171 cm³/mol. The molecule has 0 aliphatic heterocycles. The highest BCUT2D eigenvalue weighted by atomic mass is 16.6. The lowest BCUT2D eigenvalue weighted by Crippen LogP contribution is -2.55. The van der Waals surface area contributed by atoms with Crippen molar-refractivity contribution in [1.82, 2.24) is 5.32 Å². The highest BCUT2D eigenvalue weighted by Crippen LogP contribution is 2.23. The zero-order valence-corrected chi connectivity index (χ0v) is 24.9. The lowest BCUT2D eigenvalue weighted by atomic mass is 9.97. The number of amides is 1. The minimum Gasteiger partial charge on any atom is -0.445 e. The van der Waals surface area contributed by atoms with Crippen LogP contribution < -0.4 is 5.32 Å². The summed E-state index contributed by atoms with van der Waals surface area (Å²) >= 11 is 0. The Morgan fingerprint density at radius 3 is 1.48 bits per heavy atom. The monoisotopic (exact) mass is 595 g/mol. The molecule has 0 aliphatic carbocycles. The standard InChI is InChI=1S/C37H41NO6/c1-2-15-33(38-37(40)44-28-32-22-13-6-14-23-32)35(42-26-30-18-9-4-10-19-30)36(43-27-31-20-11-5-12-21-31)34(24-39)41-25-29-16-7-3-8-17-29/h2-14,16-23,33-36,39H,1,15,24-28H2,(H,38,40)/t33?,34-,35-,36-/m0/s1. The van der Waals surface area contributed by atoms with Crippen molar-refractivity contribution < 1.29 is 28.8 Å². The molecule has 0 fully saturated rings. The number of carbonyl (C=O) groups excluding carboxylic acids is 1. The van der Waals surface area contributed by atoms with Gasteiger partial charge in [0.05, 0.1) is 32.5 Å². The van der Waals surface area contributed by atoms with Gasteiger partial charge < -0.3 is 29.4 Å². The van der Waals surface area contributed by atoms with Crippen molar-refractivity contribution in [3.63, 3.8) is 0 Å². The molecule has 4 aromatic carbocycles. The summed E-state index contributed by atoms with van der Waals surface area (Å²) in [7, 11) is 0. The summed E-state index contributed by atoms with van der Waals surface area (Å²) in [6.07, 6.45) is -0.799. The summed E-state index contributed by atoms with van der Waals surface area (Å²) in [5.41, 5.74) is 3.74. The van der Waals surface area contributed by atoms with Gasteiger partial charge in [-0.3, -0.25) is 0 Å². The summed E-state index contributed by atoms with van der Waals surface area (Å²) in [5.74, 6) is 0. The highest BCUT2D eigenvalue weighted by molar-refractivity contribution is 5.67. The third kappa shape index (κ3) is 10.8. The van der Waals surface area contributed by atoms with Crippen LogP contribution in [0.1, 0.15) is 28.7 Å². The Hall–Kier alpha value is -4.27. The van der Waals surface area contributed by atoms with Crippen molar-refractivity contribution >= 4 is 6.09 Å². The number of ether oxygens (including phenoxy) is 4. The van der Waals surface area contributed by atoms with Crippen molar-refractivity contribution in [3.05, 3.63) is 156 Å². The van der Waals surface area contributed by atoms with Crippen LogP contribution in [0.25, 0.3) is 0 Å². The summed E-state index contributed by atoms with van der Waals surface area (Å²) in [6, 6.07) is 38.1. The van der Waals surface area contributed by atoms with E-state index >= 15 is 0 Å². The Kier molecular flexibility index (Phi) is 13.7. The third-order valence-electron chi connectivity index (χ3n) is 7.08. The molecule has 0 spiro atoms. The normalized spacial score (nSPS) is 13.8. The zero-order chi connectivity index (χ0) is 30.8. The number of benzene rings is 4. The quantitative estimate of drug-likeness (QED) is 0.126. The van der Waals surface area contributed by atoms with Crippen LogP contribution in [0.5, 0.6) is 0 Å². The van der Waals surface area contributed by atoms with E-state index in [1.807, 2.05) is 121 Å². The number of hydrogen-bond acceptors (Lipinski definition) is 6. The molecule has 44 heavy (non-hydrogen) atoms. The van der Waals surface area contributed by atoms with E-state index in [0.717, 1.165) is 22.3 Å². The molecule has 0 bridgehead atoms. The molecule has 4 atom stereocenters. The Morgan fingerprint density at radius 2 is 1.05 bits per heavy atom. The van der Waals surface area contributed by atoms with Gasteiger partial charge in [-0.1, -0.05) is 127 Å². The number of hydrogen-bond donors (Lipinski definition) is 2. The topological polar surface area (TPSA) is 86.3 Å². The van der Waals surface area contributed by atoms with Crippen LogP contribution in [0.15, 0.2) is 134 Å². The Morgan fingerprint density at radius 1 is 0.636 bits per heavy atom. The van der Waals surface area contributed by atoms with Crippen molar-refractivity contribution in [2.45, 2.75) is 57.2 Å². The summed E-state index contributed by atoms with van der Waals surface area (Å²) in [6.45, 7) is 4.49. The van der Waals surface area contributed by atoms with Gasteiger partial charge in [-0.25, -0.2) is 4.79 Å². The van der Waals surface area contributed by atoms with Crippen molar-refractivity contribution in [1.29, 1.82) is 0 Å². The van der Waals surface area contributed by atoms with E-state index in [0.29, 0.717) is 6.42 Å². The van der Waals surface area contributed by atoms with Crippen molar-refractivity contribution in [2.75, 3.05) is 6.61 Å². The zero-order valence-electron chi connectivity index (χ0n) is 24.9. The molecule has 0 heterocycles. The molecular formula is C37H41NO6. The molecule has 0 radical (unpaired) electrons. The molecule has 230 valence electrons. The van der Waals surface area contributed by atoms with E-state index in [4.69, 9.17) is 18.9 Å². The molecule has 4 aromatic rings. The van der Waals surface area contributed by atoms with Crippen LogP contribution in [0.2, 0.25) is 0 Å². The van der Waals surface area contributed by atoms with Crippen LogP contribution >= 0.6 is 0 Å². The average Bonchev–Trinajstić information content (AvgIpc) is 3.08. The largest absolute Gasteiger partial charge is 0.445 e. The first-order valence-electron chi connectivity index (χ1n) is 14.8. The van der Waals surface area contributed by atoms with Crippen LogP contribution in [0.3, 0.4) is 0 Å². The maximum absolute atomic E-state index is 13.1. The van der Waals surface area contributed by atoms with Crippen LogP contribution in [0, 0.1) is 0 Å². The molecule has 0 saturated heterocycles. The smallest absolute Gasteiger partial charge is 0.407 e. The summed E-state index contributed by atoms with van der Waals surface area (Å²) in [4.78, 5) is 13.1. The maximum Gasteiger partial charge on any atom is 0.407 e. The van der Waals surface area contributed by atoms with Gasteiger partial charge >= 0.3 is 6.09 Å². The summed E-state index contributed by atoms with van der Waals surface area (Å²) < 4.78 is 24.9. The second-order valence-electron chi connectivity index (χ2n) is 10.4. The Labute approximate surface area is 260 Å². The van der Waals surface area contributed by atoms with E-state index in [2.05, 4.69) is 11.9 Å². The van der Waals surface area contributed by atoms with Crippen molar-refractivity contribution in [3.8, 4) is 0 Å². The van der Waals surface area contributed by atoms with Gasteiger partial charge in [0.15, 0.2) is 0 Å². The molecule has 7 nitrogen and oxygen atoms in total. The van der Waals surface area contributed by atoms with E-state index < -0.39 is 30.4 Å². The van der Waals surface area contributed by atoms with E-state index in [9.17, 15) is 9.90 Å². The first-order chi connectivity index (χ1) is 21.7. The van der Waals surface area contributed by atoms with Gasteiger partial charge in [-0.05, 0) is 28.7 Å². The highest BCUT2D eigenvalue weighted by Gasteiger charge is 2.38. The van der Waals surface area contributed by atoms with E-state index in [-0.39, 0.29) is 33.0 Å². The minimum absolute atomic E-state index is 0.121. The molecule has 1 unspecified atom stereocenters. The number of carbonyl (C=O) groups is 1. The SMILES string of the molecule is C=CCC(NC(=O)OCc1ccccc1)[C@H](OCc1ccccc1)[C@@H](OCc1ccccc1)[C@H](CO)OCc1ccccc1. The molecule has 7 heteroatoms. The number of alkyl carbamates (subject to hydrolysis) is 1. The second-order valence-corrected chi connectivity index (χ2v) is 10.4. The fraction of sp³-hybridized carbons (Fsp3) is 0.270. The lowest BCUT2D eigenvalue weighted by Gasteiger charge is -2.37. The number of rotatable bonds is 18. The molecule has 2 N–H and O–H groups in total. The average molecular weight is 596 g/mol. The first-order valence-corrected chi connectivity index (χ1v) is 14.8. The van der Waals surface area contributed by atoms with Gasteiger partial charge in [0.1, 0.15) is 24.9 Å². The first kappa shape index (κ1) is 32.6. The lowest BCUT2D eigenvalue weighted by molar-refractivity contribution is -0.168. The van der Waals surface area contributed by atoms with Crippen molar-refractivity contribution in [2.24, 2.45) is 0 Å². The minimum atomic E-state index is -0.771. The van der Waals surface area contributed by atoms with Gasteiger partial charge in [-0.15, -0.1) is 6.58 Å². The predicted octanol–water partition coefficient (Wildman–Crippen LogP) is 6.61. The fourth-order valence-electron chi connectivity index (χ4n) is 4.79. The van der Waals surface area contributed by atoms with E-state index in [1.165, 1.54) is 0 Å². The molecule has 0 saturated carbocycles. The molecule has 4 rings (SSSR count). The maximum atomic E-state index is 13.1. The number of nitrogens with one attached hydrogen (secondary N) is 1. The van der Waals surface area contributed by atoms with E-state index in [1.54, 1.807) is 6.08 Å². The Bertz CT molecular complexity index is 1350. The number of aliphatic hydroxyl groups is 1. The van der Waals surface area contributed by atoms with Gasteiger partial charge in [0, 0.05) is 0 Å². The summed E-state index contributed by atoms with van der Waals surface area (Å²) in [5, 5.41) is 13.6. The van der Waals surface area contributed by atoms with Gasteiger partial charge in [0.2, 0.25) is 0 Å². The van der Waals surface area contributed by atoms with Crippen LogP contribution in [-0.2, 0) is 45.4 Å². The number of aliphatic hydroxyl groups excluding tert-OH is 1. The third-order valence-corrected chi connectivity index (χ3v) is 7.08. The molecular weight excluding hydrogens is 554 g/mol. The Balaban J connectivity index is 1.60. The second kappa shape index (κ2) is 18.4. The molecule has 0 aliphatic rings. The fourth-order valence-corrected chi connectivity index (χ4v) is 4.79. The van der Waals surface area contributed by atoms with Crippen LogP contribution in [-0.4, -0.2) is 42.2 Å². The van der Waals surface area contributed by atoms with Gasteiger partial charge in [-0.2, -0.15) is 0 Å². The van der Waals surface area contributed by atoms with Gasteiger partial charge in [0.25, 0.3) is 0 Å². The molecule has 1 amide bonds. The van der Waals surface area contributed by atoms with Crippen LogP contribution in [0.4, 0.5) is 4.79 Å². The molecule has 0 aromatic heterocycles.